The molecule has 1 heterocycles. The highest BCUT2D eigenvalue weighted by Gasteiger charge is 2.22. The summed E-state index contributed by atoms with van der Waals surface area (Å²) in [5, 5.41) is 5.47. The molecule has 1 aromatic carbocycles. The second-order valence-electron chi connectivity index (χ2n) is 4.89. The van der Waals surface area contributed by atoms with E-state index >= 15 is 0 Å². The Bertz CT molecular complexity index is 498. The van der Waals surface area contributed by atoms with Crippen molar-refractivity contribution in [2.24, 2.45) is 0 Å². The van der Waals surface area contributed by atoms with Crippen molar-refractivity contribution in [3.05, 3.63) is 29.8 Å². The normalized spacial score (nSPS) is 18.0. The van der Waals surface area contributed by atoms with Crippen LogP contribution in [0.15, 0.2) is 24.3 Å². The van der Waals surface area contributed by atoms with Crippen LogP contribution in [0.1, 0.15) is 12.0 Å². The number of aryl methyl sites for hydroxylation is 1. The van der Waals surface area contributed by atoms with Gasteiger partial charge in [-0.25, -0.2) is 0 Å². The van der Waals surface area contributed by atoms with Crippen LogP contribution in [0.3, 0.4) is 0 Å². The van der Waals surface area contributed by atoms with Gasteiger partial charge in [0.1, 0.15) is 0 Å². The maximum atomic E-state index is 11.8. The minimum absolute atomic E-state index is 0.137. The van der Waals surface area contributed by atoms with Gasteiger partial charge in [0.15, 0.2) is 6.10 Å². The van der Waals surface area contributed by atoms with Gasteiger partial charge in [-0.1, -0.05) is 12.1 Å². The Labute approximate surface area is 123 Å². The summed E-state index contributed by atoms with van der Waals surface area (Å²) in [4.78, 5) is 23.5. The first-order valence-corrected chi connectivity index (χ1v) is 6.99. The molecule has 21 heavy (non-hydrogen) atoms. The highest BCUT2D eigenvalue weighted by molar-refractivity contribution is 5.91. The highest BCUT2D eigenvalue weighted by atomic mass is 16.6. The van der Waals surface area contributed by atoms with E-state index < -0.39 is 6.10 Å². The van der Waals surface area contributed by atoms with Crippen LogP contribution in [-0.2, 0) is 19.1 Å². The molecule has 1 fully saturated rings. The van der Waals surface area contributed by atoms with E-state index in [-0.39, 0.29) is 31.4 Å². The van der Waals surface area contributed by atoms with Crippen molar-refractivity contribution in [1.82, 2.24) is 5.32 Å². The number of amides is 2. The van der Waals surface area contributed by atoms with Crippen molar-refractivity contribution in [1.29, 1.82) is 0 Å². The van der Waals surface area contributed by atoms with Gasteiger partial charge >= 0.3 is 0 Å². The van der Waals surface area contributed by atoms with Gasteiger partial charge in [-0.05, 0) is 24.6 Å². The van der Waals surface area contributed by atoms with Gasteiger partial charge in [-0.15, -0.1) is 0 Å². The minimum atomic E-state index is -0.571. The molecule has 2 rings (SSSR count). The topological polar surface area (TPSA) is 76.7 Å². The van der Waals surface area contributed by atoms with Crippen molar-refractivity contribution in [3.63, 3.8) is 0 Å². The molecule has 1 aliphatic heterocycles. The number of hydrogen-bond donors (Lipinski definition) is 2. The van der Waals surface area contributed by atoms with Gasteiger partial charge in [-0.2, -0.15) is 0 Å². The van der Waals surface area contributed by atoms with E-state index in [1.807, 2.05) is 31.2 Å². The van der Waals surface area contributed by atoms with Crippen LogP contribution < -0.4 is 10.6 Å². The number of carbonyl (C=O) groups excluding carboxylic acids is 2. The maximum absolute atomic E-state index is 11.8. The molecule has 1 aromatic rings. The number of nitrogens with one attached hydrogen (secondary N) is 2. The Morgan fingerprint density at radius 2 is 2.19 bits per heavy atom. The summed E-state index contributed by atoms with van der Waals surface area (Å²) in [7, 11) is 0. The summed E-state index contributed by atoms with van der Waals surface area (Å²) in [5.41, 5.74) is 1.84. The van der Waals surface area contributed by atoms with Crippen molar-refractivity contribution in [3.8, 4) is 0 Å². The first kappa shape index (κ1) is 15.5. The van der Waals surface area contributed by atoms with Gasteiger partial charge in [0, 0.05) is 18.7 Å². The zero-order chi connectivity index (χ0) is 15.1. The highest BCUT2D eigenvalue weighted by Crippen LogP contribution is 2.09. The van der Waals surface area contributed by atoms with Crippen molar-refractivity contribution in [2.45, 2.75) is 19.4 Å². The second kappa shape index (κ2) is 7.75. The SMILES string of the molecule is Cc1cccc(NC(=O)CCNC(=O)[C@H]2COCCO2)c1. The fourth-order valence-electron chi connectivity index (χ4n) is 2.00. The lowest BCUT2D eigenvalue weighted by Crippen LogP contribution is -2.43. The van der Waals surface area contributed by atoms with Gasteiger partial charge in [0.05, 0.1) is 19.8 Å². The lowest BCUT2D eigenvalue weighted by molar-refractivity contribution is -0.147. The lowest BCUT2D eigenvalue weighted by Gasteiger charge is -2.21. The third-order valence-corrected chi connectivity index (χ3v) is 3.06. The average molecular weight is 292 g/mol. The molecule has 0 saturated carbocycles. The fourth-order valence-corrected chi connectivity index (χ4v) is 2.00. The zero-order valence-electron chi connectivity index (χ0n) is 12.1. The molecular formula is C15H20N2O4. The Morgan fingerprint density at radius 3 is 2.90 bits per heavy atom. The van der Waals surface area contributed by atoms with Gasteiger partial charge in [-0.3, -0.25) is 9.59 Å². The van der Waals surface area contributed by atoms with Crippen LogP contribution in [0.25, 0.3) is 0 Å². The van der Waals surface area contributed by atoms with E-state index in [0.29, 0.717) is 13.2 Å². The maximum Gasteiger partial charge on any atom is 0.251 e. The van der Waals surface area contributed by atoms with E-state index in [9.17, 15) is 9.59 Å². The van der Waals surface area contributed by atoms with E-state index in [1.165, 1.54) is 0 Å². The molecule has 1 saturated heterocycles. The average Bonchev–Trinajstić information content (AvgIpc) is 2.48. The number of carbonyl (C=O) groups is 2. The van der Waals surface area contributed by atoms with Crippen LogP contribution >= 0.6 is 0 Å². The first-order chi connectivity index (χ1) is 10.1. The molecule has 6 nitrogen and oxygen atoms in total. The molecular weight excluding hydrogens is 272 g/mol. The van der Waals surface area contributed by atoms with Gasteiger partial charge in [0.2, 0.25) is 5.91 Å². The number of ether oxygens (including phenoxy) is 2. The Morgan fingerprint density at radius 1 is 1.33 bits per heavy atom. The van der Waals surface area contributed by atoms with Gasteiger partial charge in [0.25, 0.3) is 5.91 Å². The van der Waals surface area contributed by atoms with Crippen molar-refractivity contribution in [2.75, 3.05) is 31.7 Å². The van der Waals surface area contributed by atoms with Crippen LogP contribution in [-0.4, -0.2) is 44.3 Å². The summed E-state index contributed by atoms with van der Waals surface area (Å²) < 4.78 is 10.4. The number of anilines is 1. The van der Waals surface area contributed by atoms with Gasteiger partial charge < -0.3 is 20.1 Å². The molecule has 0 unspecified atom stereocenters. The molecule has 2 amide bonds. The molecule has 0 bridgehead atoms. The molecule has 0 aliphatic carbocycles. The third-order valence-electron chi connectivity index (χ3n) is 3.06. The molecule has 0 radical (unpaired) electrons. The number of benzene rings is 1. The molecule has 0 spiro atoms. The smallest absolute Gasteiger partial charge is 0.251 e. The molecule has 0 aromatic heterocycles. The summed E-state index contributed by atoms with van der Waals surface area (Å²) in [6.07, 6.45) is -0.355. The van der Waals surface area contributed by atoms with Crippen molar-refractivity contribution < 1.29 is 19.1 Å². The molecule has 2 N–H and O–H groups in total. The van der Waals surface area contributed by atoms with E-state index in [2.05, 4.69) is 10.6 Å². The van der Waals surface area contributed by atoms with Crippen LogP contribution in [0.5, 0.6) is 0 Å². The molecule has 1 aliphatic rings. The minimum Gasteiger partial charge on any atom is -0.376 e. The number of rotatable bonds is 5. The van der Waals surface area contributed by atoms with E-state index in [0.717, 1.165) is 11.3 Å². The molecule has 114 valence electrons. The lowest BCUT2D eigenvalue weighted by atomic mass is 10.2. The third kappa shape index (κ3) is 5.17. The van der Waals surface area contributed by atoms with E-state index in [1.54, 1.807) is 0 Å². The summed E-state index contributed by atoms with van der Waals surface area (Å²) in [6, 6.07) is 7.57. The molecule has 6 heteroatoms. The van der Waals surface area contributed by atoms with Crippen molar-refractivity contribution >= 4 is 17.5 Å². The zero-order valence-corrected chi connectivity index (χ0v) is 12.1. The molecule has 1 atom stereocenters. The Balaban J connectivity index is 1.68. The second-order valence-corrected chi connectivity index (χ2v) is 4.89. The van der Waals surface area contributed by atoms with Crippen LogP contribution in [0.2, 0.25) is 0 Å². The quantitative estimate of drug-likeness (QED) is 0.843. The standard InChI is InChI=1S/C15H20N2O4/c1-11-3-2-4-12(9-11)17-14(18)5-6-16-15(19)13-10-20-7-8-21-13/h2-4,9,13H,5-8,10H2,1H3,(H,16,19)(H,17,18)/t13-/m1/s1. The monoisotopic (exact) mass is 292 g/mol. The fraction of sp³-hybridized carbons (Fsp3) is 0.467. The summed E-state index contributed by atoms with van der Waals surface area (Å²) in [5.74, 6) is -0.375. The predicted molar refractivity (Wildman–Crippen MR) is 78.0 cm³/mol. The van der Waals surface area contributed by atoms with Crippen LogP contribution in [0.4, 0.5) is 5.69 Å². The Hall–Kier alpha value is -1.92. The van der Waals surface area contributed by atoms with E-state index in [4.69, 9.17) is 9.47 Å². The summed E-state index contributed by atoms with van der Waals surface area (Å²) in [6.45, 7) is 3.44. The summed E-state index contributed by atoms with van der Waals surface area (Å²) >= 11 is 0. The predicted octanol–water partition coefficient (Wildman–Crippen LogP) is 0.855. The number of hydrogen-bond acceptors (Lipinski definition) is 4. The van der Waals surface area contributed by atoms with Crippen LogP contribution in [0, 0.1) is 6.92 Å². The largest absolute Gasteiger partial charge is 0.376 e. The first-order valence-electron chi connectivity index (χ1n) is 6.99. The Kier molecular flexibility index (Phi) is 5.71.